The molecule has 0 atom stereocenters. The predicted molar refractivity (Wildman–Crippen MR) is 111 cm³/mol. The van der Waals surface area contributed by atoms with E-state index >= 15 is 0 Å². The van der Waals surface area contributed by atoms with E-state index in [0.29, 0.717) is 17.2 Å². The molecule has 2 aromatic carbocycles. The number of aromatic amines is 1. The Kier molecular flexibility index (Phi) is 4.18. The molecule has 2 N–H and O–H groups in total. The zero-order valence-corrected chi connectivity index (χ0v) is 15.6. The molecule has 0 spiro atoms. The summed E-state index contributed by atoms with van der Waals surface area (Å²) in [6, 6.07) is 17.8. The molecule has 0 radical (unpaired) electrons. The molecule has 5 aromatic rings. The first-order valence-electron chi connectivity index (χ1n) is 9.05. The van der Waals surface area contributed by atoms with Crippen LogP contribution in [0.3, 0.4) is 0 Å². The summed E-state index contributed by atoms with van der Waals surface area (Å²) in [5.74, 6) is 1.35. The lowest BCUT2D eigenvalue weighted by molar-refractivity contribution is 0.417. The smallest absolute Gasteiger partial charge is 0.186 e. The van der Waals surface area contributed by atoms with Crippen LogP contribution in [-0.4, -0.2) is 27.3 Å². The van der Waals surface area contributed by atoms with Crippen LogP contribution in [0, 0.1) is 0 Å². The third-order valence-corrected chi connectivity index (χ3v) is 4.72. The Morgan fingerprint density at radius 1 is 0.966 bits per heavy atom. The van der Waals surface area contributed by atoms with Gasteiger partial charge in [0.25, 0.3) is 0 Å². The minimum atomic E-state index is 0.589. The Bertz CT molecular complexity index is 1260. The van der Waals surface area contributed by atoms with Gasteiger partial charge < -0.3 is 14.5 Å². The normalized spacial score (nSPS) is 10.9. The minimum absolute atomic E-state index is 0.589. The van der Waals surface area contributed by atoms with Gasteiger partial charge in [-0.3, -0.25) is 5.10 Å². The molecule has 0 aliphatic carbocycles. The van der Waals surface area contributed by atoms with E-state index in [0.717, 1.165) is 33.5 Å². The van der Waals surface area contributed by atoms with Gasteiger partial charge in [-0.05, 0) is 23.8 Å². The maximum Gasteiger partial charge on any atom is 0.186 e. The second-order valence-corrected chi connectivity index (χ2v) is 6.44. The van der Waals surface area contributed by atoms with Crippen LogP contribution in [0.15, 0.2) is 77.9 Å². The number of furan rings is 1. The van der Waals surface area contributed by atoms with Gasteiger partial charge in [0.1, 0.15) is 17.9 Å². The van der Waals surface area contributed by atoms with E-state index in [4.69, 9.17) is 9.15 Å². The third kappa shape index (κ3) is 3.08. The van der Waals surface area contributed by atoms with Gasteiger partial charge in [-0.25, -0.2) is 9.97 Å². The van der Waals surface area contributed by atoms with E-state index in [9.17, 15) is 0 Å². The molecule has 0 amide bonds. The number of methoxy groups -OCH3 is 1. The molecule has 0 aliphatic heterocycles. The highest BCUT2D eigenvalue weighted by molar-refractivity contribution is 6.00. The number of hydrogen-bond donors (Lipinski definition) is 2. The summed E-state index contributed by atoms with van der Waals surface area (Å²) in [7, 11) is 1.64. The minimum Gasteiger partial charge on any atom is -0.495 e. The Hall–Kier alpha value is -4.13. The highest BCUT2D eigenvalue weighted by Crippen LogP contribution is 2.36. The molecule has 0 unspecified atom stereocenters. The summed E-state index contributed by atoms with van der Waals surface area (Å²) >= 11 is 0. The molecule has 0 saturated heterocycles. The third-order valence-electron chi connectivity index (χ3n) is 4.72. The number of benzene rings is 2. The number of ether oxygens (including phenoxy) is 1. The molecule has 7 heteroatoms. The molecular formula is C22H17N5O2. The Labute approximate surface area is 166 Å². The second-order valence-electron chi connectivity index (χ2n) is 6.44. The summed E-state index contributed by atoms with van der Waals surface area (Å²) in [5, 5.41) is 11.6. The average molecular weight is 383 g/mol. The molecule has 0 bridgehead atoms. The maximum atomic E-state index is 5.55. The van der Waals surface area contributed by atoms with Crippen molar-refractivity contribution in [3.05, 3.63) is 73.5 Å². The van der Waals surface area contributed by atoms with Gasteiger partial charge in [0.15, 0.2) is 5.65 Å². The number of nitrogens with zero attached hydrogens (tertiary/aromatic N) is 3. The van der Waals surface area contributed by atoms with Crippen LogP contribution in [-0.2, 0) is 0 Å². The number of H-pyrrole nitrogens is 1. The molecule has 29 heavy (non-hydrogen) atoms. The number of anilines is 2. The topological polar surface area (TPSA) is 88.9 Å². The molecule has 3 aromatic heterocycles. The van der Waals surface area contributed by atoms with Crippen molar-refractivity contribution in [3.8, 4) is 28.1 Å². The number of nitrogens with one attached hydrogen (secondary N) is 2. The summed E-state index contributed by atoms with van der Waals surface area (Å²) in [6.07, 6.45) is 4.85. The van der Waals surface area contributed by atoms with Crippen LogP contribution in [0.25, 0.3) is 33.4 Å². The quantitative estimate of drug-likeness (QED) is 0.442. The van der Waals surface area contributed by atoms with Gasteiger partial charge in [0.2, 0.25) is 0 Å². The zero-order chi connectivity index (χ0) is 19.6. The Morgan fingerprint density at radius 3 is 2.66 bits per heavy atom. The van der Waals surface area contributed by atoms with Crippen LogP contribution >= 0.6 is 0 Å². The van der Waals surface area contributed by atoms with Gasteiger partial charge in [-0.1, -0.05) is 36.4 Å². The number of rotatable bonds is 5. The fourth-order valence-electron chi connectivity index (χ4n) is 3.31. The lowest BCUT2D eigenvalue weighted by Gasteiger charge is -2.13. The second kappa shape index (κ2) is 7.12. The van der Waals surface area contributed by atoms with E-state index < -0.39 is 0 Å². The monoisotopic (exact) mass is 383 g/mol. The van der Waals surface area contributed by atoms with Crippen LogP contribution in [0.2, 0.25) is 0 Å². The molecule has 0 fully saturated rings. The SMILES string of the molecule is COc1ccc(-c2ccoc2)cc1Nc1ncnc2n[nH]c(-c3ccccc3)c12. The maximum absolute atomic E-state index is 5.55. The van der Waals surface area contributed by atoms with E-state index in [2.05, 4.69) is 25.5 Å². The first kappa shape index (κ1) is 17.0. The molecular weight excluding hydrogens is 366 g/mol. The van der Waals surface area contributed by atoms with E-state index in [1.54, 1.807) is 19.6 Å². The van der Waals surface area contributed by atoms with Crippen LogP contribution < -0.4 is 10.1 Å². The van der Waals surface area contributed by atoms with Gasteiger partial charge >= 0.3 is 0 Å². The highest BCUT2D eigenvalue weighted by atomic mass is 16.5. The van der Waals surface area contributed by atoms with Gasteiger partial charge in [-0.15, -0.1) is 0 Å². The zero-order valence-electron chi connectivity index (χ0n) is 15.6. The first-order valence-corrected chi connectivity index (χ1v) is 9.05. The van der Waals surface area contributed by atoms with Crippen molar-refractivity contribution in [2.75, 3.05) is 12.4 Å². The molecule has 0 saturated carbocycles. The van der Waals surface area contributed by atoms with Gasteiger partial charge in [-0.2, -0.15) is 5.10 Å². The molecule has 5 rings (SSSR count). The Morgan fingerprint density at radius 2 is 1.86 bits per heavy atom. The molecule has 7 nitrogen and oxygen atoms in total. The summed E-state index contributed by atoms with van der Waals surface area (Å²) in [4.78, 5) is 8.77. The van der Waals surface area contributed by atoms with E-state index in [1.807, 2.05) is 54.6 Å². The summed E-state index contributed by atoms with van der Waals surface area (Å²) in [6.45, 7) is 0. The molecule has 3 heterocycles. The first-order chi connectivity index (χ1) is 14.3. The number of hydrogen-bond acceptors (Lipinski definition) is 6. The van der Waals surface area contributed by atoms with Crippen molar-refractivity contribution < 1.29 is 9.15 Å². The van der Waals surface area contributed by atoms with Crippen molar-refractivity contribution >= 4 is 22.5 Å². The molecule has 0 aliphatic rings. The number of fused-ring (bicyclic) bond motifs is 1. The van der Waals surface area contributed by atoms with Crippen molar-refractivity contribution in [2.45, 2.75) is 0 Å². The summed E-state index contributed by atoms with van der Waals surface area (Å²) < 4.78 is 10.8. The lowest BCUT2D eigenvalue weighted by Crippen LogP contribution is -1.99. The van der Waals surface area contributed by atoms with Crippen molar-refractivity contribution in [1.82, 2.24) is 20.2 Å². The van der Waals surface area contributed by atoms with Crippen LogP contribution in [0.4, 0.5) is 11.5 Å². The lowest BCUT2D eigenvalue weighted by atomic mass is 10.1. The fraction of sp³-hybridized carbons (Fsp3) is 0.0455. The van der Waals surface area contributed by atoms with Crippen molar-refractivity contribution in [1.29, 1.82) is 0 Å². The fourth-order valence-corrected chi connectivity index (χ4v) is 3.31. The largest absolute Gasteiger partial charge is 0.495 e. The van der Waals surface area contributed by atoms with E-state index in [1.165, 1.54) is 6.33 Å². The van der Waals surface area contributed by atoms with Crippen molar-refractivity contribution in [2.24, 2.45) is 0 Å². The van der Waals surface area contributed by atoms with E-state index in [-0.39, 0.29) is 0 Å². The van der Waals surface area contributed by atoms with Crippen LogP contribution in [0.1, 0.15) is 0 Å². The van der Waals surface area contributed by atoms with Crippen LogP contribution in [0.5, 0.6) is 5.75 Å². The molecule has 142 valence electrons. The van der Waals surface area contributed by atoms with Gasteiger partial charge in [0.05, 0.1) is 36.4 Å². The summed E-state index contributed by atoms with van der Waals surface area (Å²) in [5.41, 5.74) is 5.22. The van der Waals surface area contributed by atoms with Crippen molar-refractivity contribution in [3.63, 3.8) is 0 Å². The number of aromatic nitrogens is 4. The predicted octanol–water partition coefficient (Wildman–Crippen LogP) is 5.03. The van der Waals surface area contributed by atoms with Gasteiger partial charge in [0, 0.05) is 11.1 Å². The standard InChI is InChI=1S/C22H17N5O2/c1-28-18-8-7-15(16-9-10-29-12-16)11-17(18)25-21-19-20(14-5-3-2-4-6-14)26-27-22(19)24-13-23-21/h2-13H,1H3,(H2,23,24,25,26,27). The highest BCUT2D eigenvalue weighted by Gasteiger charge is 2.16. The average Bonchev–Trinajstić information content (AvgIpc) is 3.45. The Balaban J connectivity index is 1.62.